The van der Waals surface area contributed by atoms with E-state index in [9.17, 15) is 4.79 Å². The zero-order valence-electron chi connectivity index (χ0n) is 5.33. The van der Waals surface area contributed by atoms with Crippen LogP contribution in [0.2, 0.25) is 0 Å². The molecule has 0 rings (SSSR count). The third-order valence-electron chi connectivity index (χ3n) is 0.950. The van der Waals surface area contributed by atoms with Crippen LogP contribution in [0.15, 0.2) is 0 Å². The maximum absolute atomic E-state index is 10.1. The number of nitrogens with two attached hydrogens (primary N) is 1. The van der Waals surface area contributed by atoms with Gasteiger partial charge in [-0.1, -0.05) is 0 Å². The zero-order valence-corrected chi connectivity index (χ0v) is 6.15. The molecule has 0 aromatic rings. The summed E-state index contributed by atoms with van der Waals surface area (Å²) in [5, 5.41) is 8.27. The first-order valence-electron chi connectivity index (χ1n) is 2.65. The van der Waals surface area contributed by atoms with Gasteiger partial charge in [-0.15, -0.1) is 0 Å². The second-order valence-corrected chi connectivity index (χ2v) is 2.71. The van der Waals surface area contributed by atoms with E-state index in [2.05, 4.69) is 0 Å². The van der Waals surface area contributed by atoms with Gasteiger partial charge in [0.25, 0.3) is 0 Å². The molecule has 3 nitrogen and oxygen atoms in total. The Bertz CT molecular complexity index is 97.0. The molecule has 0 fully saturated rings. The first kappa shape index (κ1) is 8.78. The van der Waals surface area contributed by atoms with Crippen LogP contribution in [-0.4, -0.2) is 29.1 Å². The van der Waals surface area contributed by atoms with Crippen LogP contribution in [-0.2, 0) is 4.79 Å². The summed E-state index contributed by atoms with van der Waals surface area (Å²) in [7, 11) is 0. The minimum atomic E-state index is -0.913. The molecule has 0 unspecified atom stereocenters. The van der Waals surface area contributed by atoms with Crippen LogP contribution >= 0.6 is 11.8 Å². The summed E-state index contributed by atoms with van der Waals surface area (Å²) >= 11 is 1.60. The van der Waals surface area contributed by atoms with Crippen LogP contribution in [0, 0.1) is 0 Å². The number of carbonyl (C=O) groups is 1. The highest BCUT2D eigenvalue weighted by atomic mass is 32.2. The fourth-order valence-electron chi connectivity index (χ4n) is 0.368. The molecule has 0 aromatic carbocycles. The predicted molar refractivity (Wildman–Crippen MR) is 38.6 cm³/mol. The Morgan fingerprint density at radius 3 is 2.78 bits per heavy atom. The monoisotopic (exact) mass is 150 g/mol. The maximum atomic E-state index is 10.1. The van der Waals surface area contributed by atoms with E-state index >= 15 is 0 Å². The van der Waals surface area contributed by atoms with Gasteiger partial charge >= 0.3 is 5.97 Å². The summed E-state index contributed by atoms with van der Waals surface area (Å²) in [5.41, 5.74) is 5.19. The molecular formula is C5H11NO2S. The molecule has 0 saturated heterocycles. The Labute approximate surface area is 58.6 Å². The molecule has 0 aliphatic heterocycles. The van der Waals surface area contributed by atoms with E-state index in [0.717, 1.165) is 5.75 Å². The van der Waals surface area contributed by atoms with Crippen molar-refractivity contribution >= 4 is 17.7 Å². The van der Waals surface area contributed by atoms with E-state index in [0.29, 0.717) is 6.42 Å². The highest BCUT2D eigenvalue weighted by Crippen LogP contribution is 1.97. The van der Waals surface area contributed by atoms with Gasteiger partial charge in [0, 0.05) is 0 Å². The Hall–Kier alpha value is -0.220. The van der Waals surface area contributed by atoms with Crippen molar-refractivity contribution < 1.29 is 9.90 Å². The molecule has 54 valence electrons. The summed E-state index contributed by atoms with van der Waals surface area (Å²) < 4.78 is 0. The quantitative estimate of drug-likeness (QED) is 0.560. The second-order valence-electron chi connectivity index (χ2n) is 1.73. The Kier molecular flexibility index (Phi) is 4.53. The van der Waals surface area contributed by atoms with E-state index < -0.39 is 12.0 Å². The maximum Gasteiger partial charge on any atom is 0.320 e. The van der Waals surface area contributed by atoms with Crippen LogP contribution < -0.4 is 5.73 Å². The lowest BCUT2D eigenvalue weighted by Crippen LogP contribution is -2.30. The molecule has 0 aromatic heterocycles. The Morgan fingerprint density at radius 1 is 1.89 bits per heavy atom. The average Bonchev–Trinajstić information content (AvgIpc) is 1.82. The normalized spacial score (nSPS) is 13.1. The summed E-state index contributed by atoms with van der Waals surface area (Å²) in [4.78, 5) is 10.1. The Balaban J connectivity index is 3.27. The number of thioether (sulfide) groups is 1. The minimum absolute atomic E-state index is 0.552. The number of rotatable bonds is 4. The molecule has 1 atom stereocenters. The summed E-state index contributed by atoms with van der Waals surface area (Å²) in [6, 6.07) is -0.683. The predicted octanol–water partition coefficient (Wildman–Crippen LogP) is 0.151. The molecule has 0 amide bonds. The molecule has 0 aliphatic rings. The van der Waals surface area contributed by atoms with E-state index in [-0.39, 0.29) is 0 Å². The highest BCUT2D eigenvalue weighted by molar-refractivity contribution is 7.98. The van der Waals surface area contributed by atoms with Gasteiger partial charge in [-0.2, -0.15) is 11.8 Å². The van der Waals surface area contributed by atoms with Crippen LogP contribution in [0.3, 0.4) is 0 Å². The third-order valence-corrected chi connectivity index (χ3v) is 1.59. The summed E-state index contributed by atoms with van der Waals surface area (Å²) in [5.74, 6) is -0.1000. The molecule has 0 spiro atoms. The lowest BCUT2D eigenvalue weighted by Gasteiger charge is -2.02. The minimum Gasteiger partial charge on any atom is -0.480 e. The molecule has 0 saturated carbocycles. The molecule has 0 heterocycles. The average molecular weight is 150 g/mol. The lowest BCUT2D eigenvalue weighted by molar-refractivity contribution is -0.138. The van der Waals surface area contributed by atoms with Crippen LogP contribution in [0.4, 0.5) is 0 Å². The van der Waals surface area contributed by atoms with Crippen molar-refractivity contribution in [2.24, 2.45) is 5.73 Å². The standard InChI is InChI=1S/C5H11NO2S/c1-9-3-2-4(6)5(7)8/h4H,2-3,6H2,1H3,(H,7,8)/t4-/m1/s1/i1+1. The van der Waals surface area contributed by atoms with Crippen molar-refractivity contribution in [2.75, 3.05) is 12.0 Å². The number of hydrogen-bond donors (Lipinski definition) is 2. The van der Waals surface area contributed by atoms with Gasteiger partial charge in [0.1, 0.15) is 6.04 Å². The van der Waals surface area contributed by atoms with Gasteiger partial charge in [-0.3, -0.25) is 4.79 Å². The van der Waals surface area contributed by atoms with Crippen molar-refractivity contribution in [1.82, 2.24) is 0 Å². The highest BCUT2D eigenvalue weighted by Gasteiger charge is 2.08. The second kappa shape index (κ2) is 4.64. The fraction of sp³-hybridized carbons (Fsp3) is 0.800. The van der Waals surface area contributed by atoms with Crippen molar-refractivity contribution in [3.05, 3.63) is 0 Å². The van der Waals surface area contributed by atoms with Crippen molar-refractivity contribution in [1.29, 1.82) is 0 Å². The van der Waals surface area contributed by atoms with Crippen molar-refractivity contribution in [3.63, 3.8) is 0 Å². The van der Waals surface area contributed by atoms with Gasteiger partial charge in [-0.25, -0.2) is 0 Å². The van der Waals surface area contributed by atoms with Gasteiger partial charge < -0.3 is 10.8 Å². The number of aliphatic carboxylic acids is 1. The molecule has 0 aliphatic carbocycles. The third kappa shape index (κ3) is 4.29. The molecule has 0 bridgehead atoms. The fourth-order valence-corrected chi connectivity index (χ4v) is 0.858. The van der Waals surface area contributed by atoms with Gasteiger partial charge in [-0.05, 0) is 18.4 Å². The number of hydrogen-bond acceptors (Lipinski definition) is 3. The van der Waals surface area contributed by atoms with E-state index in [1.165, 1.54) is 0 Å². The lowest BCUT2D eigenvalue weighted by atomic mass is 10.2. The first-order chi connectivity index (χ1) is 4.18. The molecule has 0 radical (unpaired) electrons. The SMILES string of the molecule is [13CH3]SCC[C@@H](N)C(=O)O. The summed E-state index contributed by atoms with van der Waals surface area (Å²) in [6.07, 6.45) is 2.48. The van der Waals surface area contributed by atoms with E-state index in [1.807, 2.05) is 6.26 Å². The van der Waals surface area contributed by atoms with Crippen molar-refractivity contribution in [3.8, 4) is 0 Å². The molecule has 4 heteroatoms. The topological polar surface area (TPSA) is 63.3 Å². The first-order valence-corrected chi connectivity index (χ1v) is 4.05. The number of carboxylic acids is 1. The van der Waals surface area contributed by atoms with Gasteiger partial charge in [0.15, 0.2) is 0 Å². The zero-order chi connectivity index (χ0) is 7.28. The van der Waals surface area contributed by atoms with Crippen molar-refractivity contribution in [2.45, 2.75) is 12.5 Å². The molecule has 3 N–H and O–H groups in total. The Morgan fingerprint density at radius 2 is 2.44 bits per heavy atom. The van der Waals surface area contributed by atoms with Crippen LogP contribution in [0.1, 0.15) is 6.42 Å². The van der Waals surface area contributed by atoms with E-state index in [1.54, 1.807) is 11.8 Å². The molecule has 9 heavy (non-hydrogen) atoms. The number of carboxylic acid groups (broad SMARTS) is 1. The largest absolute Gasteiger partial charge is 0.480 e. The summed E-state index contributed by atoms with van der Waals surface area (Å²) in [6.45, 7) is 0. The van der Waals surface area contributed by atoms with E-state index in [4.69, 9.17) is 10.8 Å². The van der Waals surface area contributed by atoms with Gasteiger partial charge in [0.2, 0.25) is 0 Å². The van der Waals surface area contributed by atoms with Gasteiger partial charge in [0.05, 0.1) is 0 Å². The smallest absolute Gasteiger partial charge is 0.320 e. The molecular weight excluding hydrogens is 139 g/mol. The van der Waals surface area contributed by atoms with Crippen LogP contribution in [0.25, 0.3) is 0 Å². The van der Waals surface area contributed by atoms with Crippen LogP contribution in [0.5, 0.6) is 0 Å².